The van der Waals surface area contributed by atoms with E-state index in [0.717, 1.165) is 12.8 Å². The predicted octanol–water partition coefficient (Wildman–Crippen LogP) is 1.51. The van der Waals surface area contributed by atoms with Crippen LogP contribution in [0, 0.1) is 0 Å². The molecule has 1 aromatic carbocycles. The first-order chi connectivity index (χ1) is 12.7. The van der Waals surface area contributed by atoms with Crippen molar-refractivity contribution in [3.63, 3.8) is 0 Å². The number of benzene rings is 1. The number of hydrogen-bond acceptors (Lipinski definition) is 8. The average molecular weight is 376 g/mol. The normalized spacial score (nSPS) is 13.6. The van der Waals surface area contributed by atoms with Crippen molar-refractivity contribution in [2.75, 3.05) is 7.11 Å². The van der Waals surface area contributed by atoms with Crippen LogP contribution in [0.5, 0.6) is 5.75 Å². The number of carbonyl (C=O) groups is 1. The summed E-state index contributed by atoms with van der Waals surface area (Å²) in [6.07, 6.45) is 3.55. The van der Waals surface area contributed by atoms with Crippen molar-refractivity contribution in [1.29, 1.82) is 0 Å². The second-order valence-corrected chi connectivity index (χ2v) is 6.17. The SMILES string of the molecule is COc1cc(-n2cnnn2)c(Cl)cc1C(=O)NCc1nc(C2CC2)no1. The molecule has 1 amide bonds. The van der Waals surface area contributed by atoms with Crippen LogP contribution in [-0.4, -0.2) is 43.4 Å². The Morgan fingerprint density at radius 1 is 1.46 bits per heavy atom. The van der Waals surface area contributed by atoms with Gasteiger partial charge in [-0.15, -0.1) is 5.10 Å². The van der Waals surface area contributed by atoms with Crippen molar-refractivity contribution >= 4 is 17.5 Å². The van der Waals surface area contributed by atoms with Gasteiger partial charge in [-0.3, -0.25) is 4.79 Å². The smallest absolute Gasteiger partial charge is 0.255 e. The van der Waals surface area contributed by atoms with Gasteiger partial charge in [0.05, 0.1) is 29.9 Å². The van der Waals surface area contributed by atoms with Crippen LogP contribution < -0.4 is 10.1 Å². The summed E-state index contributed by atoms with van der Waals surface area (Å²) in [5.74, 6) is 1.40. The average Bonchev–Trinajstić information content (AvgIpc) is 3.16. The molecule has 1 aliphatic carbocycles. The van der Waals surface area contributed by atoms with Crippen LogP contribution >= 0.6 is 11.6 Å². The summed E-state index contributed by atoms with van der Waals surface area (Å²) in [5, 5.41) is 17.8. The van der Waals surface area contributed by atoms with Crippen molar-refractivity contribution in [2.24, 2.45) is 0 Å². The number of amides is 1. The lowest BCUT2D eigenvalue weighted by Crippen LogP contribution is -2.23. The maximum atomic E-state index is 12.5. The Hall–Kier alpha value is -3.01. The van der Waals surface area contributed by atoms with Crippen molar-refractivity contribution in [3.05, 3.63) is 40.8 Å². The molecule has 3 aromatic rings. The zero-order valence-electron chi connectivity index (χ0n) is 13.7. The first kappa shape index (κ1) is 16.5. The quantitative estimate of drug-likeness (QED) is 0.688. The van der Waals surface area contributed by atoms with Gasteiger partial charge < -0.3 is 14.6 Å². The number of nitrogens with one attached hydrogen (secondary N) is 1. The molecule has 1 saturated carbocycles. The number of ether oxygens (including phenoxy) is 1. The number of nitrogens with zero attached hydrogens (tertiary/aromatic N) is 6. The van der Waals surface area contributed by atoms with Crippen LogP contribution in [0.1, 0.15) is 40.8 Å². The molecule has 4 rings (SSSR count). The molecule has 2 heterocycles. The number of rotatable bonds is 6. The number of tetrazole rings is 1. The number of carbonyl (C=O) groups excluding carboxylic acids is 1. The lowest BCUT2D eigenvalue weighted by Gasteiger charge is -2.11. The Balaban J connectivity index is 1.51. The van der Waals surface area contributed by atoms with Crippen LogP contribution in [0.3, 0.4) is 0 Å². The van der Waals surface area contributed by atoms with Crippen LogP contribution in [0.25, 0.3) is 5.69 Å². The van der Waals surface area contributed by atoms with Crippen molar-refractivity contribution in [2.45, 2.75) is 25.3 Å². The Labute approximate surface area is 152 Å². The van der Waals surface area contributed by atoms with Crippen LogP contribution in [0.2, 0.25) is 5.02 Å². The fourth-order valence-electron chi connectivity index (χ4n) is 2.43. The minimum absolute atomic E-state index is 0.119. The van der Waals surface area contributed by atoms with Gasteiger partial charge in [-0.05, 0) is 29.3 Å². The summed E-state index contributed by atoms with van der Waals surface area (Å²) in [5.41, 5.74) is 0.771. The molecule has 0 saturated heterocycles. The molecular weight excluding hydrogens is 362 g/mol. The molecular formula is C15H14ClN7O3. The van der Waals surface area contributed by atoms with Gasteiger partial charge in [-0.1, -0.05) is 16.8 Å². The molecule has 2 aromatic heterocycles. The summed E-state index contributed by atoms with van der Waals surface area (Å²) >= 11 is 6.26. The van der Waals surface area contributed by atoms with Crippen molar-refractivity contribution in [1.82, 2.24) is 35.7 Å². The van der Waals surface area contributed by atoms with Crippen molar-refractivity contribution < 1.29 is 14.1 Å². The molecule has 0 radical (unpaired) electrons. The highest BCUT2D eigenvalue weighted by Gasteiger charge is 2.28. The fourth-order valence-corrected chi connectivity index (χ4v) is 2.68. The highest BCUT2D eigenvalue weighted by Crippen LogP contribution is 2.38. The van der Waals surface area contributed by atoms with Gasteiger partial charge in [-0.25, -0.2) is 0 Å². The molecule has 0 spiro atoms. The molecule has 1 fully saturated rings. The first-order valence-electron chi connectivity index (χ1n) is 7.87. The molecule has 0 aliphatic heterocycles. The summed E-state index contributed by atoms with van der Waals surface area (Å²) in [6, 6.07) is 3.08. The van der Waals surface area contributed by atoms with E-state index in [4.69, 9.17) is 20.9 Å². The Bertz CT molecular complexity index is 937. The summed E-state index contributed by atoms with van der Waals surface area (Å²) < 4.78 is 11.8. The summed E-state index contributed by atoms with van der Waals surface area (Å²) in [7, 11) is 1.46. The zero-order valence-corrected chi connectivity index (χ0v) is 14.5. The molecule has 10 nitrogen and oxygen atoms in total. The van der Waals surface area contributed by atoms with E-state index in [1.807, 2.05) is 0 Å². The third-order valence-electron chi connectivity index (χ3n) is 3.94. The molecule has 26 heavy (non-hydrogen) atoms. The first-order valence-corrected chi connectivity index (χ1v) is 8.25. The topological polar surface area (TPSA) is 121 Å². The minimum atomic E-state index is -0.377. The molecule has 134 valence electrons. The second-order valence-electron chi connectivity index (χ2n) is 5.76. The third-order valence-corrected chi connectivity index (χ3v) is 4.24. The maximum absolute atomic E-state index is 12.5. The molecule has 0 bridgehead atoms. The van der Waals surface area contributed by atoms with E-state index in [1.54, 1.807) is 6.07 Å². The van der Waals surface area contributed by atoms with E-state index in [2.05, 4.69) is 31.0 Å². The fraction of sp³-hybridized carbons (Fsp3) is 0.333. The van der Waals surface area contributed by atoms with Gasteiger partial charge in [-0.2, -0.15) is 9.67 Å². The lowest BCUT2D eigenvalue weighted by atomic mass is 10.1. The van der Waals surface area contributed by atoms with Crippen molar-refractivity contribution in [3.8, 4) is 11.4 Å². The molecule has 1 aliphatic rings. The van der Waals surface area contributed by atoms with Gasteiger partial charge in [0.1, 0.15) is 12.1 Å². The number of hydrogen-bond donors (Lipinski definition) is 1. The monoisotopic (exact) mass is 375 g/mol. The van der Waals surface area contributed by atoms with Crippen LogP contribution in [-0.2, 0) is 6.54 Å². The van der Waals surface area contributed by atoms with E-state index in [0.29, 0.717) is 34.1 Å². The Morgan fingerprint density at radius 3 is 3.00 bits per heavy atom. The minimum Gasteiger partial charge on any atom is -0.496 e. The number of halogens is 1. The van der Waals surface area contributed by atoms with Gasteiger partial charge in [0, 0.05) is 12.0 Å². The lowest BCUT2D eigenvalue weighted by molar-refractivity contribution is 0.0943. The highest BCUT2D eigenvalue weighted by atomic mass is 35.5. The maximum Gasteiger partial charge on any atom is 0.255 e. The van der Waals surface area contributed by atoms with Crippen LogP contribution in [0.15, 0.2) is 23.0 Å². The van der Waals surface area contributed by atoms with Gasteiger partial charge in [0.2, 0.25) is 5.89 Å². The standard InChI is InChI=1S/C15H14ClN7O3/c1-25-12-5-11(23-7-18-21-22-23)10(16)4-9(12)15(24)17-6-13-19-14(20-26-13)8-2-3-8/h4-5,7-8H,2-3,6H2,1H3,(H,17,24). The highest BCUT2D eigenvalue weighted by molar-refractivity contribution is 6.33. The zero-order chi connectivity index (χ0) is 18.1. The van der Waals surface area contributed by atoms with Gasteiger partial charge >= 0.3 is 0 Å². The van der Waals surface area contributed by atoms with E-state index in [9.17, 15) is 4.79 Å². The van der Waals surface area contributed by atoms with Crippen LogP contribution in [0.4, 0.5) is 0 Å². The Kier molecular flexibility index (Phi) is 4.25. The van der Waals surface area contributed by atoms with Gasteiger partial charge in [0.15, 0.2) is 5.82 Å². The third kappa shape index (κ3) is 3.23. The molecule has 1 N–H and O–H groups in total. The molecule has 0 atom stereocenters. The van der Waals surface area contributed by atoms with E-state index in [1.165, 1.54) is 24.2 Å². The largest absolute Gasteiger partial charge is 0.496 e. The molecule has 0 unspecified atom stereocenters. The van der Waals surface area contributed by atoms with E-state index >= 15 is 0 Å². The van der Waals surface area contributed by atoms with E-state index < -0.39 is 0 Å². The number of methoxy groups -OCH3 is 1. The summed E-state index contributed by atoms with van der Waals surface area (Å²) in [6.45, 7) is 0.119. The second kappa shape index (κ2) is 6.71. The molecule has 11 heteroatoms. The van der Waals surface area contributed by atoms with E-state index in [-0.39, 0.29) is 18.0 Å². The summed E-state index contributed by atoms with van der Waals surface area (Å²) in [4.78, 5) is 16.8. The predicted molar refractivity (Wildman–Crippen MR) is 88.2 cm³/mol. The Morgan fingerprint density at radius 2 is 2.31 bits per heavy atom. The van der Waals surface area contributed by atoms with Gasteiger partial charge in [0.25, 0.3) is 5.91 Å². The number of aromatic nitrogens is 6.